The molecule has 0 saturated carbocycles. The Morgan fingerprint density at radius 3 is 2.77 bits per heavy atom. The van der Waals surface area contributed by atoms with Gasteiger partial charge in [-0.1, -0.05) is 0 Å². The first-order chi connectivity index (χ1) is 10.7. The molecule has 0 aliphatic carbocycles. The Bertz CT molecular complexity index is 486. The molecule has 0 bridgehead atoms. The average molecular weight is 303 g/mol. The predicted octanol–water partition coefficient (Wildman–Crippen LogP) is 1.79. The second kappa shape index (κ2) is 7.09. The van der Waals surface area contributed by atoms with Crippen molar-refractivity contribution in [1.29, 1.82) is 0 Å². The van der Waals surface area contributed by atoms with Crippen LogP contribution in [-0.2, 0) is 4.79 Å². The van der Waals surface area contributed by atoms with Gasteiger partial charge in [-0.25, -0.2) is 0 Å². The summed E-state index contributed by atoms with van der Waals surface area (Å²) in [5.41, 5.74) is 0. The van der Waals surface area contributed by atoms with Gasteiger partial charge in [0.15, 0.2) is 0 Å². The maximum atomic E-state index is 12.6. The summed E-state index contributed by atoms with van der Waals surface area (Å²) in [6, 6.07) is 3.82. The number of rotatable bonds is 3. The second-order valence-electron chi connectivity index (χ2n) is 6.43. The minimum absolute atomic E-state index is 0.189. The molecular formula is C17H25N3O2. The quantitative estimate of drug-likeness (QED) is 0.854. The molecule has 0 aromatic carbocycles. The lowest BCUT2D eigenvalue weighted by atomic mass is 9.95. The van der Waals surface area contributed by atoms with E-state index in [1.165, 1.54) is 0 Å². The molecule has 0 spiro atoms. The number of amides is 1. The highest BCUT2D eigenvalue weighted by Gasteiger charge is 2.30. The van der Waals surface area contributed by atoms with Crippen molar-refractivity contribution in [3.05, 3.63) is 24.5 Å². The number of ether oxygens (including phenoxy) is 1. The van der Waals surface area contributed by atoms with Crippen molar-refractivity contribution in [2.75, 3.05) is 33.2 Å². The van der Waals surface area contributed by atoms with Crippen molar-refractivity contribution in [3.63, 3.8) is 0 Å². The molecule has 2 aliphatic rings. The smallest absolute Gasteiger partial charge is 0.226 e. The van der Waals surface area contributed by atoms with Gasteiger partial charge in [0.2, 0.25) is 5.91 Å². The van der Waals surface area contributed by atoms with E-state index in [1.807, 2.05) is 17.0 Å². The van der Waals surface area contributed by atoms with Crippen LogP contribution in [0, 0.1) is 5.92 Å². The van der Waals surface area contributed by atoms with E-state index in [0.29, 0.717) is 5.91 Å². The van der Waals surface area contributed by atoms with Crippen LogP contribution in [0.5, 0.6) is 5.75 Å². The van der Waals surface area contributed by atoms with Crippen molar-refractivity contribution in [1.82, 2.24) is 14.8 Å². The van der Waals surface area contributed by atoms with Crippen LogP contribution in [-0.4, -0.2) is 60.0 Å². The standard InChI is InChI=1S/C17H25N3O2/c1-19-9-3-4-14(13-19)17(21)20-10-6-15(7-11-20)22-16-5-2-8-18-12-16/h2,5,8,12,14-15H,3-4,6-7,9-11,13H2,1H3. The van der Waals surface area contributed by atoms with Crippen LogP contribution in [0.1, 0.15) is 25.7 Å². The third-order valence-corrected chi connectivity index (χ3v) is 4.66. The molecule has 1 aromatic heterocycles. The third kappa shape index (κ3) is 3.77. The zero-order chi connectivity index (χ0) is 15.4. The Kier molecular flexibility index (Phi) is 4.93. The van der Waals surface area contributed by atoms with Crippen LogP contribution < -0.4 is 4.74 Å². The zero-order valence-electron chi connectivity index (χ0n) is 13.3. The highest BCUT2D eigenvalue weighted by Crippen LogP contribution is 2.22. The molecular weight excluding hydrogens is 278 g/mol. The summed E-state index contributed by atoms with van der Waals surface area (Å²) >= 11 is 0. The lowest BCUT2D eigenvalue weighted by molar-refractivity contribution is -0.139. The molecule has 2 saturated heterocycles. The monoisotopic (exact) mass is 303 g/mol. The van der Waals surface area contributed by atoms with Crippen LogP contribution in [0.3, 0.4) is 0 Å². The number of likely N-dealkylation sites (tertiary alicyclic amines) is 2. The SMILES string of the molecule is CN1CCCC(C(=O)N2CCC(Oc3cccnc3)CC2)C1. The molecule has 2 aliphatic heterocycles. The first-order valence-corrected chi connectivity index (χ1v) is 8.26. The van der Waals surface area contributed by atoms with E-state index >= 15 is 0 Å². The van der Waals surface area contributed by atoms with Gasteiger partial charge < -0.3 is 14.5 Å². The van der Waals surface area contributed by atoms with Crippen LogP contribution in [0.4, 0.5) is 0 Å². The highest BCUT2D eigenvalue weighted by molar-refractivity contribution is 5.79. The lowest BCUT2D eigenvalue weighted by Gasteiger charge is -2.36. The van der Waals surface area contributed by atoms with Crippen molar-refractivity contribution in [2.45, 2.75) is 31.8 Å². The Morgan fingerprint density at radius 1 is 1.27 bits per heavy atom. The fourth-order valence-corrected chi connectivity index (χ4v) is 3.43. The zero-order valence-corrected chi connectivity index (χ0v) is 13.3. The van der Waals surface area contributed by atoms with Gasteiger partial charge in [0, 0.05) is 38.7 Å². The molecule has 1 aromatic rings. The van der Waals surface area contributed by atoms with E-state index in [4.69, 9.17) is 4.74 Å². The summed E-state index contributed by atoms with van der Waals surface area (Å²) in [7, 11) is 2.10. The molecule has 22 heavy (non-hydrogen) atoms. The number of aromatic nitrogens is 1. The number of pyridine rings is 1. The van der Waals surface area contributed by atoms with Crippen LogP contribution >= 0.6 is 0 Å². The lowest BCUT2D eigenvalue weighted by Crippen LogP contribution is -2.47. The van der Waals surface area contributed by atoms with Crippen LogP contribution in [0.25, 0.3) is 0 Å². The van der Waals surface area contributed by atoms with Crippen molar-refractivity contribution in [3.8, 4) is 5.75 Å². The number of nitrogens with zero attached hydrogens (tertiary/aromatic N) is 3. The number of carbonyl (C=O) groups excluding carboxylic acids is 1. The van der Waals surface area contributed by atoms with Gasteiger partial charge in [0.1, 0.15) is 11.9 Å². The molecule has 120 valence electrons. The Balaban J connectivity index is 1.48. The molecule has 1 unspecified atom stereocenters. The maximum absolute atomic E-state index is 12.6. The Hall–Kier alpha value is -1.62. The number of hydrogen-bond donors (Lipinski definition) is 0. The fraction of sp³-hybridized carbons (Fsp3) is 0.647. The largest absolute Gasteiger partial charge is 0.489 e. The van der Waals surface area contributed by atoms with Gasteiger partial charge in [-0.2, -0.15) is 0 Å². The Labute approximate surface area is 132 Å². The van der Waals surface area contributed by atoms with Crippen molar-refractivity contribution in [2.24, 2.45) is 5.92 Å². The number of piperidine rings is 2. The molecule has 0 radical (unpaired) electrons. The minimum atomic E-state index is 0.189. The third-order valence-electron chi connectivity index (χ3n) is 4.66. The first-order valence-electron chi connectivity index (χ1n) is 8.26. The van der Waals surface area contributed by atoms with E-state index in [9.17, 15) is 4.79 Å². The molecule has 0 N–H and O–H groups in total. The van der Waals surface area contributed by atoms with Gasteiger partial charge in [0.25, 0.3) is 0 Å². The van der Waals surface area contributed by atoms with Gasteiger partial charge in [-0.15, -0.1) is 0 Å². The summed E-state index contributed by atoms with van der Waals surface area (Å²) in [6.45, 7) is 3.64. The number of carbonyl (C=O) groups is 1. The van der Waals surface area contributed by atoms with Crippen LogP contribution in [0.15, 0.2) is 24.5 Å². The summed E-state index contributed by atoms with van der Waals surface area (Å²) in [5, 5.41) is 0. The molecule has 5 heteroatoms. The summed E-state index contributed by atoms with van der Waals surface area (Å²) in [4.78, 5) is 21.0. The Morgan fingerprint density at radius 2 is 2.09 bits per heavy atom. The van der Waals surface area contributed by atoms with E-state index in [-0.39, 0.29) is 12.0 Å². The van der Waals surface area contributed by atoms with E-state index in [2.05, 4.69) is 16.9 Å². The topological polar surface area (TPSA) is 45.7 Å². The summed E-state index contributed by atoms with van der Waals surface area (Å²) in [5.74, 6) is 1.35. The average Bonchev–Trinajstić information content (AvgIpc) is 2.56. The summed E-state index contributed by atoms with van der Waals surface area (Å²) < 4.78 is 5.94. The second-order valence-corrected chi connectivity index (χ2v) is 6.43. The van der Waals surface area contributed by atoms with E-state index in [1.54, 1.807) is 12.4 Å². The van der Waals surface area contributed by atoms with E-state index < -0.39 is 0 Å². The minimum Gasteiger partial charge on any atom is -0.489 e. The van der Waals surface area contributed by atoms with Gasteiger partial charge in [0.05, 0.1) is 12.1 Å². The normalized spacial score (nSPS) is 24.2. The first kappa shape index (κ1) is 15.3. The molecule has 3 heterocycles. The fourth-order valence-electron chi connectivity index (χ4n) is 3.43. The highest BCUT2D eigenvalue weighted by atomic mass is 16.5. The van der Waals surface area contributed by atoms with Gasteiger partial charge in [-0.3, -0.25) is 9.78 Å². The molecule has 2 fully saturated rings. The molecule has 3 rings (SSSR count). The van der Waals surface area contributed by atoms with Gasteiger partial charge >= 0.3 is 0 Å². The molecule has 1 atom stereocenters. The van der Waals surface area contributed by atoms with Gasteiger partial charge in [-0.05, 0) is 38.6 Å². The van der Waals surface area contributed by atoms with Crippen molar-refractivity contribution >= 4 is 5.91 Å². The van der Waals surface area contributed by atoms with Crippen molar-refractivity contribution < 1.29 is 9.53 Å². The summed E-state index contributed by atoms with van der Waals surface area (Å²) in [6.07, 6.45) is 7.67. The maximum Gasteiger partial charge on any atom is 0.226 e. The number of hydrogen-bond acceptors (Lipinski definition) is 4. The van der Waals surface area contributed by atoms with E-state index in [0.717, 1.165) is 57.6 Å². The molecule has 5 nitrogen and oxygen atoms in total. The molecule has 1 amide bonds. The van der Waals surface area contributed by atoms with Crippen LogP contribution in [0.2, 0.25) is 0 Å². The predicted molar refractivity (Wildman–Crippen MR) is 84.7 cm³/mol.